The van der Waals surface area contributed by atoms with Crippen molar-refractivity contribution in [2.75, 3.05) is 12.8 Å². The number of rotatable bonds is 4. The lowest BCUT2D eigenvalue weighted by Gasteiger charge is -2.35. The van der Waals surface area contributed by atoms with Gasteiger partial charge in [-0.05, 0) is 38.5 Å². The number of nitrogen functional groups attached to an aromatic ring is 1. The topological polar surface area (TPSA) is 55.6 Å². The van der Waals surface area contributed by atoms with E-state index in [0.717, 1.165) is 12.5 Å². The molecule has 2 N–H and O–H groups in total. The molecule has 0 aromatic heterocycles. The first-order valence-corrected chi connectivity index (χ1v) is 6.41. The highest BCUT2D eigenvalue weighted by atomic mass is 19.4. The van der Waals surface area contributed by atoms with E-state index in [-0.39, 0.29) is 22.7 Å². The summed E-state index contributed by atoms with van der Waals surface area (Å²) < 4.78 is 40.2. The van der Waals surface area contributed by atoms with Crippen molar-refractivity contribution in [3.8, 4) is 5.75 Å². The van der Waals surface area contributed by atoms with Crippen molar-refractivity contribution in [2.24, 2.45) is 0 Å². The number of anilines is 1. The van der Waals surface area contributed by atoms with Gasteiger partial charge < -0.3 is 15.4 Å². The molecule has 0 atom stereocenters. The van der Waals surface area contributed by atoms with Crippen molar-refractivity contribution in [1.29, 1.82) is 0 Å². The fraction of sp³-hybridized carbons (Fsp3) is 0.500. The van der Waals surface area contributed by atoms with Gasteiger partial charge in [0.05, 0.1) is 5.69 Å². The van der Waals surface area contributed by atoms with Crippen LogP contribution < -0.4 is 10.5 Å². The Morgan fingerprint density at radius 2 is 1.90 bits per heavy atom. The van der Waals surface area contributed by atoms with Crippen LogP contribution in [0.1, 0.15) is 37.6 Å². The van der Waals surface area contributed by atoms with Crippen molar-refractivity contribution < 1.29 is 22.7 Å². The van der Waals surface area contributed by atoms with Crippen LogP contribution in [0.2, 0.25) is 0 Å². The minimum Gasteiger partial charge on any atom is -0.404 e. The molecule has 7 heteroatoms. The lowest BCUT2D eigenvalue weighted by Crippen LogP contribution is -2.44. The zero-order valence-corrected chi connectivity index (χ0v) is 12.4. The molecule has 1 rings (SSSR count). The Balaban J connectivity index is 3.01. The van der Waals surface area contributed by atoms with Crippen molar-refractivity contribution in [3.63, 3.8) is 0 Å². The van der Waals surface area contributed by atoms with Crippen LogP contribution in [-0.2, 0) is 0 Å². The molecule has 0 fully saturated rings. The number of hydrogen-bond acceptors (Lipinski definition) is 3. The van der Waals surface area contributed by atoms with Gasteiger partial charge in [0.25, 0.3) is 5.91 Å². The summed E-state index contributed by atoms with van der Waals surface area (Å²) in [4.78, 5) is 13.8. The van der Waals surface area contributed by atoms with E-state index in [2.05, 4.69) is 4.74 Å². The van der Waals surface area contributed by atoms with E-state index in [1.54, 1.807) is 7.05 Å². The molecule has 0 radical (unpaired) electrons. The van der Waals surface area contributed by atoms with E-state index >= 15 is 0 Å². The van der Waals surface area contributed by atoms with Gasteiger partial charge in [-0.2, -0.15) is 0 Å². The molecule has 0 unspecified atom stereocenters. The molecule has 21 heavy (non-hydrogen) atoms. The van der Waals surface area contributed by atoms with Crippen molar-refractivity contribution in [3.05, 3.63) is 23.8 Å². The summed E-state index contributed by atoms with van der Waals surface area (Å²) in [6.45, 7) is 5.74. The first-order chi connectivity index (χ1) is 9.48. The van der Waals surface area contributed by atoms with Gasteiger partial charge in [0.1, 0.15) is 0 Å². The number of nitrogens with zero attached hydrogens (tertiary/aromatic N) is 1. The molecule has 0 aliphatic carbocycles. The van der Waals surface area contributed by atoms with Gasteiger partial charge in [0.2, 0.25) is 0 Å². The van der Waals surface area contributed by atoms with Crippen LogP contribution in [0, 0.1) is 0 Å². The smallest absolute Gasteiger partial charge is 0.404 e. The lowest BCUT2D eigenvalue weighted by atomic mass is 9.99. The van der Waals surface area contributed by atoms with Crippen LogP contribution in [0.25, 0.3) is 0 Å². The molecule has 118 valence electrons. The zero-order valence-electron chi connectivity index (χ0n) is 12.4. The summed E-state index contributed by atoms with van der Waals surface area (Å²) in [6.07, 6.45) is -4.08. The zero-order chi connectivity index (χ0) is 16.4. The summed E-state index contributed by atoms with van der Waals surface area (Å²) in [5.74, 6) is -0.830. The summed E-state index contributed by atoms with van der Waals surface area (Å²) in [5.41, 5.74) is 5.12. The van der Waals surface area contributed by atoms with Crippen LogP contribution in [0.3, 0.4) is 0 Å². The molecular formula is C14H19F3N2O2. The van der Waals surface area contributed by atoms with Gasteiger partial charge >= 0.3 is 6.36 Å². The predicted octanol–water partition coefficient (Wildman–Crippen LogP) is 3.43. The maximum atomic E-state index is 12.3. The van der Waals surface area contributed by atoms with Gasteiger partial charge in [0, 0.05) is 18.2 Å². The SMILES string of the molecule is CCC(C)(C)N(C)C(=O)c1ccc(OC(F)(F)F)c(N)c1. The Kier molecular flexibility index (Phi) is 4.76. The van der Waals surface area contributed by atoms with Crippen LogP contribution in [0.4, 0.5) is 18.9 Å². The van der Waals surface area contributed by atoms with Gasteiger partial charge in [-0.15, -0.1) is 13.2 Å². The molecule has 0 aliphatic rings. The van der Waals surface area contributed by atoms with E-state index in [0.29, 0.717) is 0 Å². The number of ether oxygens (including phenoxy) is 1. The third kappa shape index (κ3) is 4.27. The summed E-state index contributed by atoms with van der Waals surface area (Å²) in [5, 5.41) is 0. The predicted molar refractivity (Wildman–Crippen MR) is 74.0 cm³/mol. The molecule has 1 amide bonds. The van der Waals surface area contributed by atoms with Crippen LogP contribution in [0.5, 0.6) is 5.75 Å². The average Bonchev–Trinajstić information content (AvgIpc) is 2.38. The summed E-state index contributed by atoms with van der Waals surface area (Å²) in [7, 11) is 1.64. The fourth-order valence-electron chi connectivity index (χ4n) is 1.60. The van der Waals surface area contributed by atoms with Crippen LogP contribution in [0.15, 0.2) is 18.2 Å². The summed E-state index contributed by atoms with van der Waals surface area (Å²) in [6, 6.07) is 3.50. The van der Waals surface area contributed by atoms with Gasteiger partial charge in [0.15, 0.2) is 5.75 Å². The Labute approximate surface area is 121 Å². The monoisotopic (exact) mass is 304 g/mol. The molecular weight excluding hydrogens is 285 g/mol. The highest BCUT2D eigenvalue weighted by Crippen LogP contribution is 2.30. The second kappa shape index (κ2) is 5.83. The van der Waals surface area contributed by atoms with E-state index in [1.807, 2.05) is 20.8 Å². The van der Waals surface area contributed by atoms with E-state index in [9.17, 15) is 18.0 Å². The largest absolute Gasteiger partial charge is 0.573 e. The van der Waals surface area contributed by atoms with E-state index < -0.39 is 12.1 Å². The van der Waals surface area contributed by atoms with Crippen LogP contribution >= 0.6 is 0 Å². The maximum Gasteiger partial charge on any atom is 0.573 e. The van der Waals surface area contributed by atoms with Crippen molar-refractivity contribution in [1.82, 2.24) is 4.90 Å². The highest BCUT2D eigenvalue weighted by Gasteiger charge is 2.32. The quantitative estimate of drug-likeness (QED) is 0.867. The third-order valence-electron chi connectivity index (χ3n) is 3.56. The lowest BCUT2D eigenvalue weighted by molar-refractivity contribution is -0.274. The Bertz CT molecular complexity index is 527. The molecule has 4 nitrogen and oxygen atoms in total. The van der Waals surface area contributed by atoms with Gasteiger partial charge in [-0.3, -0.25) is 4.79 Å². The second-order valence-corrected chi connectivity index (χ2v) is 5.33. The standard InChI is InChI=1S/C14H19F3N2O2/c1-5-13(2,3)19(4)12(20)9-6-7-11(10(18)8-9)21-14(15,16)17/h6-8H,5,18H2,1-4H3. The molecule has 0 spiro atoms. The van der Waals surface area contributed by atoms with E-state index in [1.165, 1.54) is 17.0 Å². The normalized spacial score (nSPS) is 12.1. The Morgan fingerprint density at radius 3 is 2.33 bits per heavy atom. The van der Waals surface area contributed by atoms with Crippen molar-refractivity contribution in [2.45, 2.75) is 39.1 Å². The first-order valence-electron chi connectivity index (χ1n) is 6.41. The maximum absolute atomic E-state index is 12.3. The van der Waals surface area contributed by atoms with Crippen molar-refractivity contribution >= 4 is 11.6 Å². The molecule has 0 aliphatic heterocycles. The van der Waals surface area contributed by atoms with E-state index in [4.69, 9.17) is 5.73 Å². The average molecular weight is 304 g/mol. The molecule has 1 aromatic rings. The Hall–Kier alpha value is -1.92. The molecule has 0 heterocycles. The minimum absolute atomic E-state index is 0.214. The second-order valence-electron chi connectivity index (χ2n) is 5.33. The third-order valence-corrected chi connectivity index (χ3v) is 3.56. The number of halogens is 3. The Morgan fingerprint density at radius 1 is 1.33 bits per heavy atom. The number of carbonyl (C=O) groups excluding carboxylic acids is 1. The van der Waals surface area contributed by atoms with Crippen LogP contribution in [-0.4, -0.2) is 29.8 Å². The fourth-order valence-corrected chi connectivity index (χ4v) is 1.60. The highest BCUT2D eigenvalue weighted by molar-refractivity contribution is 5.95. The number of nitrogens with two attached hydrogens (primary N) is 1. The molecule has 1 aromatic carbocycles. The number of hydrogen-bond donors (Lipinski definition) is 1. The first kappa shape index (κ1) is 17.1. The number of carbonyl (C=O) groups is 1. The molecule has 0 saturated heterocycles. The number of benzene rings is 1. The molecule has 0 saturated carbocycles. The van der Waals surface area contributed by atoms with Gasteiger partial charge in [-0.25, -0.2) is 0 Å². The number of amides is 1. The molecule has 0 bridgehead atoms. The summed E-state index contributed by atoms with van der Waals surface area (Å²) >= 11 is 0. The number of alkyl halides is 3. The van der Waals surface area contributed by atoms with Gasteiger partial charge in [-0.1, -0.05) is 6.92 Å². The minimum atomic E-state index is -4.82.